The summed E-state index contributed by atoms with van der Waals surface area (Å²) < 4.78 is 5.64. The third-order valence-electron chi connectivity index (χ3n) is 3.36. The molecule has 1 atom stereocenters. The van der Waals surface area contributed by atoms with Gasteiger partial charge in [-0.1, -0.05) is 24.3 Å². The van der Waals surface area contributed by atoms with Crippen molar-refractivity contribution in [3.8, 4) is 11.5 Å². The Balaban J connectivity index is 2.06. The van der Waals surface area contributed by atoms with E-state index >= 15 is 0 Å². The molecule has 0 aliphatic carbocycles. The molecule has 0 fully saturated rings. The van der Waals surface area contributed by atoms with Crippen LogP contribution in [-0.4, -0.2) is 28.9 Å². The van der Waals surface area contributed by atoms with Crippen molar-refractivity contribution in [2.75, 3.05) is 0 Å². The summed E-state index contributed by atoms with van der Waals surface area (Å²) in [5, 5.41) is 11.5. The van der Waals surface area contributed by atoms with Gasteiger partial charge in [0.25, 0.3) is 5.91 Å². The zero-order valence-corrected chi connectivity index (χ0v) is 13.3. The van der Waals surface area contributed by atoms with Crippen LogP contribution in [0.3, 0.4) is 0 Å². The molecule has 0 spiro atoms. The summed E-state index contributed by atoms with van der Waals surface area (Å²) in [4.78, 5) is 34.3. The van der Waals surface area contributed by atoms with E-state index in [1.54, 1.807) is 30.3 Å². The molecule has 0 aliphatic heterocycles. The fourth-order valence-electron chi connectivity index (χ4n) is 2.11. The molecule has 2 rings (SSSR count). The van der Waals surface area contributed by atoms with Crippen molar-refractivity contribution in [1.29, 1.82) is 0 Å². The predicted molar refractivity (Wildman–Crippen MR) is 90.3 cm³/mol. The summed E-state index contributed by atoms with van der Waals surface area (Å²) in [6, 6.07) is 14.2. The Labute approximate surface area is 144 Å². The van der Waals surface area contributed by atoms with Crippen LogP contribution in [-0.2, 0) is 9.59 Å². The van der Waals surface area contributed by atoms with Gasteiger partial charge in [0.2, 0.25) is 5.91 Å². The van der Waals surface area contributed by atoms with Crippen LogP contribution in [0.15, 0.2) is 54.6 Å². The smallest absolute Gasteiger partial charge is 0.326 e. The highest BCUT2D eigenvalue weighted by Gasteiger charge is 2.21. The molecule has 0 radical (unpaired) electrons. The number of nitrogens with one attached hydrogen (secondary N) is 1. The number of benzene rings is 2. The third-order valence-corrected chi connectivity index (χ3v) is 3.36. The van der Waals surface area contributed by atoms with Gasteiger partial charge >= 0.3 is 5.97 Å². The number of hydrogen-bond acceptors (Lipinski definition) is 4. The van der Waals surface area contributed by atoms with Crippen molar-refractivity contribution >= 4 is 17.8 Å². The van der Waals surface area contributed by atoms with E-state index in [0.717, 1.165) is 0 Å². The molecule has 130 valence electrons. The van der Waals surface area contributed by atoms with Gasteiger partial charge in [-0.15, -0.1) is 0 Å². The van der Waals surface area contributed by atoms with Crippen molar-refractivity contribution in [2.45, 2.75) is 18.9 Å². The molecule has 7 nitrogen and oxygen atoms in total. The number of hydrogen-bond donors (Lipinski definition) is 3. The lowest BCUT2D eigenvalue weighted by Gasteiger charge is -2.14. The first-order valence-corrected chi connectivity index (χ1v) is 7.60. The lowest BCUT2D eigenvalue weighted by molar-refractivity contribution is -0.139. The van der Waals surface area contributed by atoms with Crippen LogP contribution in [0.25, 0.3) is 0 Å². The highest BCUT2D eigenvalue weighted by Crippen LogP contribution is 2.21. The summed E-state index contributed by atoms with van der Waals surface area (Å²) in [6.07, 6.45) is -0.203. The molecule has 0 saturated carbocycles. The Bertz CT molecular complexity index is 761. The van der Waals surface area contributed by atoms with Crippen molar-refractivity contribution in [2.24, 2.45) is 5.73 Å². The van der Waals surface area contributed by atoms with Crippen LogP contribution in [0, 0.1) is 0 Å². The van der Waals surface area contributed by atoms with Gasteiger partial charge in [-0.05, 0) is 36.8 Å². The maximum atomic E-state index is 12.3. The van der Waals surface area contributed by atoms with E-state index in [2.05, 4.69) is 5.32 Å². The van der Waals surface area contributed by atoms with E-state index in [9.17, 15) is 14.4 Å². The highest BCUT2D eigenvalue weighted by atomic mass is 16.5. The fraction of sp³-hybridized carbons (Fsp3) is 0.167. The third kappa shape index (κ3) is 5.65. The Morgan fingerprint density at radius 3 is 2.36 bits per heavy atom. The van der Waals surface area contributed by atoms with E-state index in [0.29, 0.717) is 11.5 Å². The first-order valence-electron chi connectivity index (χ1n) is 7.60. The highest BCUT2D eigenvalue weighted by molar-refractivity contribution is 5.97. The Hall–Kier alpha value is -3.35. The lowest BCUT2D eigenvalue weighted by Crippen LogP contribution is -2.41. The molecule has 2 amide bonds. The van der Waals surface area contributed by atoms with Crippen LogP contribution in [0.4, 0.5) is 0 Å². The number of carboxylic acids is 1. The van der Waals surface area contributed by atoms with E-state index in [4.69, 9.17) is 15.6 Å². The van der Waals surface area contributed by atoms with Gasteiger partial charge in [0.05, 0.1) is 0 Å². The number of para-hydroxylation sites is 1. The molecule has 2 aromatic rings. The summed E-state index contributed by atoms with van der Waals surface area (Å²) in [5.74, 6) is -1.37. The SMILES string of the molecule is NC(=O)CC[C@H](NC(=O)c1cccc(Oc2ccccc2)c1)C(=O)O. The second-order valence-electron chi connectivity index (χ2n) is 5.31. The van der Waals surface area contributed by atoms with Gasteiger partial charge in [-0.25, -0.2) is 4.79 Å². The number of rotatable bonds is 8. The number of carboxylic acid groups (broad SMARTS) is 1. The summed E-state index contributed by atoms with van der Waals surface area (Å²) >= 11 is 0. The molecule has 7 heteroatoms. The Kier molecular flexibility index (Phi) is 6.11. The van der Waals surface area contributed by atoms with E-state index in [1.807, 2.05) is 18.2 Å². The van der Waals surface area contributed by atoms with E-state index in [1.165, 1.54) is 6.07 Å². The van der Waals surface area contributed by atoms with Gasteiger partial charge in [-0.3, -0.25) is 9.59 Å². The fourth-order valence-corrected chi connectivity index (χ4v) is 2.11. The van der Waals surface area contributed by atoms with E-state index in [-0.39, 0.29) is 18.4 Å². The second-order valence-corrected chi connectivity index (χ2v) is 5.31. The minimum absolute atomic E-state index is 0.0728. The second kappa shape index (κ2) is 8.49. The van der Waals surface area contributed by atoms with Crippen molar-refractivity contribution < 1.29 is 24.2 Å². The van der Waals surface area contributed by atoms with Crippen LogP contribution in [0.5, 0.6) is 11.5 Å². The average molecular weight is 342 g/mol. The summed E-state index contributed by atoms with van der Waals surface area (Å²) in [5.41, 5.74) is 5.26. The minimum atomic E-state index is -1.23. The number of carbonyl (C=O) groups is 3. The summed E-state index contributed by atoms with van der Waals surface area (Å²) in [6.45, 7) is 0. The first-order chi connectivity index (χ1) is 12.0. The number of carbonyl (C=O) groups excluding carboxylic acids is 2. The maximum absolute atomic E-state index is 12.3. The maximum Gasteiger partial charge on any atom is 0.326 e. The molecular weight excluding hydrogens is 324 g/mol. The monoisotopic (exact) mass is 342 g/mol. The predicted octanol–water partition coefficient (Wildman–Crippen LogP) is 1.93. The molecule has 0 unspecified atom stereocenters. The van der Waals surface area contributed by atoms with Gasteiger partial charge in [-0.2, -0.15) is 0 Å². The molecule has 4 N–H and O–H groups in total. The standard InChI is InChI=1S/C18H18N2O5/c19-16(21)10-9-15(18(23)24)20-17(22)12-5-4-8-14(11-12)25-13-6-2-1-3-7-13/h1-8,11,15H,9-10H2,(H2,19,21)(H,20,22)(H,23,24)/t15-/m0/s1. The zero-order valence-electron chi connectivity index (χ0n) is 13.3. The molecule has 0 bridgehead atoms. The number of aliphatic carboxylic acids is 1. The average Bonchev–Trinajstić information content (AvgIpc) is 2.59. The molecular formula is C18H18N2O5. The number of primary amides is 1. The van der Waals surface area contributed by atoms with Gasteiger partial charge in [0, 0.05) is 12.0 Å². The molecule has 0 saturated heterocycles. The van der Waals surface area contributed by atoms with Crippen LogP contribution in [0.1, 0.15) is 23.2 Å². The van der Waals surface area contributed by atoms with Crippen LogP contribution < -0.4 is 15.8 Å². The first kappa shape index (κ1) is 18.0. The van der Waals surface area contributed by atoms with Gasteiger partial charge in [0.15, 0.2) is 0 Å². The van der Waals surface area contributed by atoms with Crippen molar-refractivity contribution in [1.82, 2.24) is 5.32 Å². The van der Waals surface area contributed by atoms with Crippen molar-refractivity contribution in [3.63, 3.8) is 0 Å². The number of ether oxygens (including phenoxy) is 1. The molecule has 25 heavy (non-hydrogen) atoms. The van der Waals surface area contributed by atoms with Crippen LogP contribution in [0.2, 0.25) is 0 Å². The molecule has 0 heterocycles. The molecule has 2 aromatic carbocycles. The Morgan fingerprint density at radius 2 is 1.72 bits per heavy atom. The Morgan fingerprint density at radius 1 is 1.04 bits per heavy atom. The minimum Gasteiger partial charge on any atom is -0.480 e. The molecule has 0 aliphatic rings. The largest absolute Gasteiger partial charge is 0.480 e. The van der Waals surface area contributed by atoms with Gasteiger partial charge < -0.3 is 20.9 Å². The number of nitrogens with two attached hydrogens (primary N) is 1. The topological polar surface area (TPSA) is 119 Å². The van der Waals surface area contributed by atoms with Gasteiger partial charge in [0.1, 0.15) is 17.5 Å². The summed E-state index contributed by atoms with van der Waals surface area (Å²) in [7, 11) is 0. The normalized spacial score (nSPS) is 11.4. The van der Waals surface area contributed by atoms with Crippen LogP contribution >= 0.6 is 0 Å². The number of amides is 2. The quantitative estimate of drug-likeness (QED) is 0.677. The van der Waals surface area contributed by atoms with Crippen molar-refractivity contribution in [3.05, 3.63) is 60.2 Å². The van der Waals surface area contributed by atoms with E-state index < -0.39 is 23.8 Å². The molecule has 0 aromatic heterocycles. The zero-order chi connectivity index (χ0) is 18.2. The lowest BCUT2D eigenvalue weighted by atomic mass is 10.1.